The smallest absolute Gasteiger partial charge is 0.319 e. The molecule has 0 spiro atoms. The van der Waals surface area contributed by atoms with Gasteiger partial charge in [0.15, 0.2) is 0 Å². The maximum absolute atomic E-state index is 11.6. The molecule has 0 radical (unpaired) electrons. The van der Waals surface area contributed by atoms with Crippen LogP contribution in [0.2, 0.25) is 5.02 Å². The van der Waals surface area contributed by atoms with Gasteiger partial charge in [0.05, 0.1) is 10.7 Å². The minimum Gasteiger partial charge on any atom is -0.481 e. The maximum Gasteiger partial charge on any atom is 0.319 e. The second-order valence-electron chi connectivity index (χ2n) is 4.42. The van der Waals surface area contributed by atoms with Gasteiger partial charge in [0.25, 0.3) is 0 Å². The molecule has 6 heteroatoms. The molecule has 5 nitrogen and oxygen atoms in total. The molecule has 0 bridgehead atoms. The Morgan fingerprint density at radius 2 is 1.80 bits per heavy atom. The summed E-state index contributed by atoms with van der Waals surface area (Å²) in [6.07, 6.45) is 3.48. The van der Waals surface area contributed by atoms with Crippen LogP contribution in [-0.4, -0.2) is 23.7 Å². The van der Waals surface area contributed by atoms with E-state index in [0.717, 1.165) is 19.3 Å². The number of benzene rings is 1. The van der Waals surface area contributed by atoms with Crippen molar-refractivity contribution in [2.75, 3.05) is 11.9 Å². The summed E-state index contributed by atoms with van der Waals surface area (Å²) in [6, 6.07) is 6.74. The lowest BCUT2D eigenvalue weighted by molar-refractivity contribution is -0.137. The number of rotatable bonds is 8. The highest BCUT2D eigenvalue weighted by Gasteiger charge is 2.03. The van der Waals surface area contributed by atoms with Gasteiger partial charge in [0.1, 0.15) is 0 Å². The van der Waals surface area contributed by atoms with Gasteiger partial charge in [-0.1, -0.05) is 36.6 Å². The average molecular weight is 299 g/mol. The van der Waals surface area contributed by atoms with E-state index in [2.05, 4.69) is 10.6 Å². The highest BCUT2D eigenvalue weighted by molar-refractivity contribution is 6.33. The van der Waals surface area contributed by atoms with Gasteiger partial charge in [0, 0.05) is 13.0 Å². The molecule has 110 valence electrons. The fraction of sp³-hybridized carbons (Fsp3) is 0.429. The van der Waals surface area contributed by atoms with Gasteiger partial charge in [0.2, 0.25) is 0 Å². The van der Waals surface area contributed by atoms with Crippen molar-refractivity contribution in [2.45, 2.75) is 32.1 Å². The minimum atomic E-state index is -0.762. The molecular formula is C14H19ClN2O3. The molecule has 2 amide bonds. The van der Waals surface area contributed by atoms with Crippen molar-refractivity contribution in [1.29, 1.82) is 0 Å². The Morgan fingerprint density at radius 3 is 2.50 bits per heavy atom. The van der Waals surface area contributed by atoms with Crippen LogP contribution in [0, 0.1) is 0 Å². The first kappa shape index (κ1) is 16.3. The third-order valence-electron chi connectivity index (χ3n) is 2.73. The molecule has 0 saturated carbocycles. The van der Waals surface area contributed by atoms with Crippen LogP contribution in [0.5, 0.6) is 0 Å². The van der Waals surface area contributed by atoms with E-state index >= 15 is 0 Å². The van der Waals surface area contributed by atoms with E-state index in [1.807, 2.05) is 0 Å². The molecule has 1 rings (SSSR count). The van der Waals surface area contributed by atoms with E-state index in [0.29, 0.717) is 23.7 Å². The van der Waals surface area contributed by atoms with E-state index in [1.54, 1.807) is 24.3 Å². The maximum atomic E-state index is 11.6. The van der Waals surface area contributed by atoms with E-state index in [1.165, 1.54) is 0 Å². The van der Waals surface area contributed by atoms with E-state index in [9.17, 15) is 9.59 Å². The highest BCUT2D eigenvalue weighted by Crippen LogP contribution is 2.19. The van der Waals surface area contributed by atoms with Gasteiger partial charge in [-0.05, 0) is 25.0 Å². The second-order valence-corrected chi connectivity index (χ2v) is 4.83. The number of carbonyl (C=O) groups excluding carboxylic acids is 1. The van der Waals surface area contributed by atoms with Gasteiger partial charge in [-0.2, -0.15) is 0 Å². The number of carboxylic acids is 1. The fourth-order valence-corrected chi connectivity index (χ4v) is 1.87. The van der Waals surface area contributed by atoms with Crippen LogP contribution in [-0.2, 0) is 4.79 Å². The summed E-state index contributed by atoms with van der Waals surface area (Å²) in [6.45, 7) is 0.559. The summed E-state index contributed by atoms with van der Waals surface area (Å²) in [4.78, 5) is 21.9. The van der Waals surface area contributed by atoms with Crippen LogP contribution in [0.4, 0.5) is 10.5 Å². The second kappa shape index (κ2) is 9.20. The van der Waals surface area contributed by atoms with Crippen molar-refractivity contribution in [1.82, 2.24) is 5.32 Å². The summed E-state index contributed by atoms with van der Waals surface area (Å²) in [5, 5.41) is 14.4. The summed E-state index contributed by atoms with van der Waals surface area (Å²) >= 11 is 5.92. The number of nitrogens with one attached hydrogen (secondary N) is 2. The molecule has 0 aromatic heterocycles. The van der Waals surface area contributed by atoms with Crippen LogP contribution in [0.1, 0.15) is 32.1 Å². The molecule has 0 aliphatic heterocycles. The van der Waals surface area contributed by atoms with Crippen LogP contribution >= 0.6 is 11.6 Å². The molecule has 0 atom stereocenters. The monoisotopic (exact) mass is 298 g/mol. The topological polar surface area (TPSA) is 78.4 Å². The average Bonchev–Trinajstić information content (AvgIpc) is 2.40. The predicted octanol–water partition coefficient (Wildman–Crippen LogP) is 3.50. The quantitative estimate of drug-likeness (QED) is 0.643. The number of unbranched alkanes of at least 4 members (excludes halogenated alkanes) is 3. The normalized spacial score (nSPS) is 10.1. The molecule has 0 heterocycles. The number of halogens is 1. The zero-order valence-corrected chi connectivity index (χ0v) is 11.9. The van der Waals surface area contributed by atoms with Gasteiger partial charge < -0.3 is 15.7 Å². The predicted molar refractivity (Wildman–Crippen MR) is 79.2 cm³/mol. The molecule has 1 aromatic rings. The number of hydrogen-bond acceptors (Lipinski definition) is 2. The molecule has 0 unspecified atom stereocenters. The Morgan fingerprint density at radius 1 is 1.10 bits per heavy atom. The first-order chi connectivity index (χ1) is 9.59. The SMILES string of the molecule is O=C(O)CCCCCCNC(=O)Nc1ccccc1Cl. The first-order valence-corrected chi connectivity index (χ1v) is 6.98. The van der Waals surface area contributed by atoms with Gasteiger partial charge in [-0.3, -0.25) is 4.79 Å². The van der Waals surface area contributed by atoms with Crippen molar-refractivity contribution >= 4 is 29.3 Å². The number of anilines is 1. The Hall–Kier alpha value is -1.75. The Labute approximate surface area is 123 Å². The number of amides is 2. The van der Waals surface area contributed by atoms with Crippen molar-refractivity contribution in [3.05, 3.63) is 29.3 Å². The minimum absolute atomic E-state index is 0.209. The largest absolute Gasteiger partial charge is 0.481 e. The van der Waals surface area contributed by atoms with Gasteiger partial charge in [-0.25, -0.2) is 4.79 Å². The fourth-order valence-electron chi connectivity index (χ4n) is 1.69. The summed E-state index contributed by atoms with van der Waals surface area (Å²) in [7, 11) is 0. The number of hydrogen-bond donors (Lipinski definition) is 3. The molecule has 0 fully saturated rings. The number of carboxylic acid groups (broad SMARTS) is 1. The number of aliphatic carboxylic acids is 1. The number of para-hydroxylation sites is 1. The highest BCUT2D eigenvalue weighted by atomic mass is 35.5. The van der Waals surface area contributed by atoms with Gasteiger partial charge >= 0.3 is 12.0 Å². The number of carbonyl (C=O) groups is 2. The van der Waals surface area contributed by atoms with Crippen molar-refractivity contribution in [3.63, 3.8) is 0 Å². The van der Waals surface area contributed by atoms with Crippen molar-refractivity contribution in [3.8, 4) is 0 Å². The van der Waals surface area contributed by atoms with Crippen LogP contribution in [0.25, 0.3) is 0 Å². The van der Waals surface area contributed by atoms with Crippen LogP contribution < -0.4 is 10.6 Å². The Bertz CT molecular complexity index is 452. The lowest BCUT2D eigenvalue weighted by atomic mass is 10.1. The number of urea groups is 1. The zero-order chi connectivity index (χ0) is 14.8. The standard InChI is InChI=1S/C14H19ClN2O3/c15-11-7-4-5-8-12(11)17-14(20)16-10-6-2-1-3-9-13(18)19/h4-5,7-8H,1-3,6,9-10H2,(H,18,19)(H2,16,17,20). The molecule has 1 aromatic carbocycles. The third kappa shape index (κ3) is 6.99. The van der Waals surface area contributed by atoms with Crippen molar-refractivity contribution < 1.29 is 14.7 Å². The van der Waals surface area contributed by atoms with Crippen molar-refractivity contribution in [2.24, 2.45) is 0 Å². The summed E-state index contributed by atoms with van der Waals surface area (Å²) in [5.74, 6) is -0.762. The Balaban J connectivity index is 2.09. The summed E-state index contributed by atoms with van der Waals surface area (Å²) in [5.41, 5.74) is 0.577. The third-order valence-corrected chi connectivity index (χ3v) is 3.05. The van der Waals surface area contributed by atoms with E-state index < -0.39 is 5.97 Å². The van der Waals surface area contributed by atoms with Crippen LogP contribution in [0.15, 0.2) is 24.3 Å². The molecule has 20 heavy (non-hydrogen) atoms. The van der Waals surface area contributed by atoms with E-state index in [-0.39, 0.29) is 12.5 Å². The molecule has 0 saturated heterocycles. The lowest BCUT2D eigenvalue weighted by Gasteiger charge is -2.08. The molecule has 3 N–H and O–H groups in total. The first-order valence-electron chi connectivity index (χ1n) is 6.61. The van der Waals surface area contributed by atoms with Crippen LogP contribution in [0.3, 0.4) is 0 Å². The Kier molecular flexibility index (Phi) is 7.50. The van der Waals surface area contributed by atoms with Gasteiger partial charge in [-0.15, -0.1) is 0 Å². The molecule has 0 aliphatic carbocycles. The van der Waals surface area contributed by atoms with E-state index in [4.69, 9.17) is 16.7 Å². The molecular weight excluding hydrogens is 280 g/mol. The molecule has 0 aliphatic rings. The summed E-state index contributed by atoms with van der Waals surface area (Å²) < 4.78 is 0. The lowest BCUT2D eigenvalue weighted by Crippen LogP contribution is -2.29. The zero-order valence-electron chi connectivity index (χ0n) is 11.2.